The number of fused-ring (bicyclic) bond motifs is 1. The number of alkyl halides is 2. The Bertz CT molecular complexity index is 2010. The lowest BCUT2D eigenvalue weighted by molar-refractivity contribution is -0.134. The van der Waals surface area contributed by atoms with E-state index in [2.05, 4.69) is 25.5 Å². The molecule has 2 amide bonds. The number of pyridine rings is 1. The molecule has 3 N–H and O–H groups in total. The first-order chi connectivity index (χ1) is 24.8. The first-order valence-electron chi connectivity index (χ1n) is 17.9. The highest BCUT2D eigenvalue weighted by atomic mass is 32.2. The van der Waals surface area contributed by atoms with Crippen LogP contribution in [0.1, 0.15) is 86.9 Å². The molecule has 7 rings (SSSR count). The second-order valence-corrected chi connectivity index (χ2v) is 16.5. The minimum atomic E-state index is -3.69. The van der Waals surface area contributed by atoms with E-state index >= 15 is 0 Å². The quantitative estimate of drug-likeness (QED) is 0.277. The summed E-state index contributed by atoms with van der Waals surface area (Å²) in [5, 5.41) is 16.9. The van der Waals surface area contributed by atoms with Crippen LogP contribution in [0.5, 0.6) is 0 Å². The van der Waals surface area contributed by atoms with E-state index in [9.17, 15) is 36.7 Å². The SMILES string of the molecule is C[C@@]1(O)CCC[C@H]1n1c(=O)c(C(F)F)cc2cnc(NC3CCN(S(=O)(=O)N4CCN(Cc5cccc(C6CCC(=O)NC6=O)c5)CC4)CC3)nc21. The van der Waals surface area contributed by atoms with Crippen molar-refractivity contribution in [1.82, 2.24) is 33.4 Å². The summed E-state index contributed by atoms with van der Waals surface area (Å²) in [5.74, 6) is -0.684. The number of carbonyl (C=O) groups is 2. The number of hydrogen-bond donors (Lipinski definition) is 3. The van der Waals surface area contributed by atoms with E-state index in [0.29, 0.717) is 77.7 Å². The average molecular weight is 743 g/mol. The number of aromatic nitrogens is 3. The van der Waals surface area contributed by atoms with E-state index < -0.39 is 39.4 Å². The Morgan fingerprint density at radius 2 is 1.75 bits per heavy atom. The fraction of sp³-hybridized carbons (Fsp3) is 0.571. The van der Waals surface area contributed by atoms with Crippen molar-refractivity contribution in [3.05, 3.63) is 63.6 Å². The van der Waals surface area contributed by atoms with Crippen LogP contribution < -0.4 is 16.2 Å². The van der Waals surface area contributed by atoms with Gasteiger partial charge in [0, 0.05) is 69.9 Å². The van der Waals surface area contributed by atoms with Crippen LogP contribution in [0, 0.1) is 0 Å². The zero-order valence-corrected chi connectivity index (χ0v) is 29.8. The second kappa shape index (κ2) is 14.5. The average Bonchev–Trinajstić information content (AvgIpc) is 3.46. The summed E-state index contributed by atoms with van der Waals surface area (Å²) in [5.41, 5.74) is -0.734. The Morgan fingerprint density at radius 3 is 2.42 bits per heavy atom. The van der Waals surface area contributed by atoms with E-state index in [-0.39, 0.29) is 53.8 Å². The molecule has 4 fully saturated rings. The van der Waals surface area contributed by atoms with Crippen molar-refractivity contribution in [2.24, 2.45) is 0 Å². The number of carbonyl (C=O) groups excluding carboxylic acids is 2. The van der Waals surface area contributed by atoms with Crippen molar-refractivity contribution in [3.8, 4) is 0 Å². The summed E-state index contributed by atoms with van der Waals surface area (Å²) in [6.45, 7) is 4.60. The molecule has 52 heavy (non-hydrogen) atoms. The molecule has 280 valence electrons. The fourth-order valence-corrected chi connectivity index (χ4v) is 9.69. The molecule has 3 saturated heterocycles. The third-order valence-corrected chi connectivity index (χ3v) is 13.0. The number of imide groups is 1. The lowest BCUT2D eigenvalue weighted by Gasteiger charge is -2.39. The molecule has 5 heterocycles. The number of piperazine rings is 1. The Kier molecular flexibility index (Phi) is 10.2. The molecule has 2 aromatic heterocycles. The van der Waals surface area contributed by atoms with Crippen LogP contribution in [-0.4, -0.2) is 104 Å². The fourth-order valence-electron chi connectivity index (χ4n) is 8.07. The van der Waals surface area contributed by atoms with Gasteiger partial charge in [-0.05, 0) is 62.6 Å². The normalized spacial score (nSPS) is 25.9. The number of piperidine rings is 2. The van der Waals surface area contributed by atoms with Crippen LogP contribution in [0.4, 0.5) is 14.7 Å². The van der Waals surface area contributed by atoms with Crippen LogP contribution in [0.15, 0.2) is 41.3 Å². The highest BCUT2D eigenvalue weighted by Gasteiger charge is 2.41. The second-order valence-electron chi connectivity index (χ2n) is 14.6. The summed E-state index contributed by atoms with van der Waals surface area (Å²) >= 11 is 0. The van der Waals surface area contributed by atoms with Gasteiger partial charge in [-0.2, -0.15) is 22.0 Å². The predicted octanol–water partition coefficient (Wildman–Crippen LogP) is 2.66. The highest BCUT2D eigenvalue weighted by molar-refractivity contribution is 7.86. The summed E-state index contributed by atoms with van der Waals surface area (Å²) in [6, 6.07) is 8.02. The zero-order valence-electron chi connectivity index (χ0n) is 29.0. The molecule has 0 bridgehead atoms. The first-order valence-corrected chi connectivity index (χ1v) is 19.3. The molecule has 4 aliphatic rings. The standard InChI is InChI=1S/C35H44F2N8O6S/c1-35(49)11-3-6-28(35)45-31-24(19-27(30(36)37)33(45)48)20-38-34(41-31)39-25-9-12-43(13-10-25)52(50,51)44-16-14-42(15-17-44)21-22-4-2-5-23(18-22)26-7-8-29(46)40-32(26)47/h2,4-5,18-20,25-26,28,30,49H,3,6-17,21H2,1H3,(H,38,39,41)(H,40,46,47)/t26?,28-,35-/m1/s1. The van der Waals surface area contributed by atoms with Crippen molar-refractivity contribution in [3.63, 3.8) is 0 Å². The van der Waals surface area contributed by atoms with Crippen LogP contribution in [-0.2, 0) is 26.3 Å². The number of rotatable bonds is 9. The number of amides is 2. The molecule has 1 saturated carbocycles. The number of nitrogens with one attached hydrogen (secondary N) is 2. The number of hydrogen-bond acceptors (Lipinski definition) is 10. The Morgan fingerprint density at radius 1 is 1.02 bits per heavy atom. The highest BCUT2D eigenvalue weighted by Crippen LogP contribution is 2.40. The van der Waals surface area contributed by atoms with E-state index in [1.807, 2.05) is 24.3 Å². The van der Waals surface area contributed by atoms with E-state index in [0.717, 1.165) is 17.2 Å². The minimum absolute atomic E-state index is 0.160. The smallest absolute Gasteiger partial charge is 0.282 e. The van der Waals surface area contributed by atoms with Gasteiger partial charge in [0.15, 0.2) is 0 Å². The largest absolute Gasteiger partial charge is 0.388 e. The predicted molar refractivity (Wildman–Crippen MR) is 188 cm³/mol. The summed E-state index contributed by atoms with van der Waals surface area (Å²) in [4.78, 5) is 48.3. The number of aliphatic hydroxyl groups is 1. The third-order valence-electron chi connectivity index (χ3n) is 11.0. The minimum Gasteiger partial charge on any atom is -0.388 e. The van der Waals surface area contributed by atoms with Crippen LogP contribution >= 0.6 is 0 Å². The van der Waals surface area contributed by atoms with E-state index in [1.165, 1.54) is 19.4 Å². The molecule has 17 heteroatoms. The van der Waals surface area contributed by atoms with Crippen molar-refractivity contribution in [2.75, 3.05) is 44.6 Å². The first kappa shape index (κ1) is 36.5. The molecule has 0 radical (unpaired) electrons. The topological polar surface area (TPSA) is 170 Å². The van der Waals surface area contributed by atoms with Gasteiger partial charge < -0.3 is 10.4 Å². The van der Waals surface area contributed by atoms with Gasteiger partial charge in [-0.1, -0.05) is 24.3 Å². The maximum absolute atomic E-state index is 13.8. The lowest BCUT2D eigenvalue weighted by Crippen LogP contribution is -2.54. The Hall–Kier alpha value is -3.90. The molecule has 3 aliphatic heterocycles. The molecule has 0 spiro atoms. The summed E-state index contributed by atoms with van der Waals surface area (Å²) in [7, 11) is -3.69. The molecule has 1 aliphatic carbocycles. The van der Waals surface area contributed by atoms with Gasteiger partial charge in [-0.25, -0.2) is 13.8 Å². The van der Waals surface area contributed by atoms with Gasteiger partial charge in [0.2, 0.25) is 17.8 Å². The summed E-state index contributed by atoms with van der Waals surface area (Å²) < 4.78 is 59.1. The monoisotopic (exact) mass is 742 g/mol. The van der Waals surface area contributed by atoms with Gasteiger partial charge in [0.05, 0.1) is 23.1 Å². The van der Waals surface area contributed by atoms with E-state index in [1.54, 1.807) is 6.92 Å². The number of halogens is 2. The molecule has 1 aromatic carbocycles. The van der Waals surface area contributed by atoms with Gasteiger partial charge in [0.1, 0.15) is 5.65 Å². The van der Waals surface area contributed by atoms with Crippen molar-refractivity contribution in [1.29, 1.82) is 0 Å². The van der Waals surface area contributed by atoms with Crippen LogP contribution in [0.25, 0.3) is 11.0 Å². The van der Waals surface area contributed by atoms with E-state index in [4.69, 9.17) is 0 Å². The Labute approximate surface area is 300 Å². The molecule has 3 aromatic rings. The maximum Gasteiger partial charge on any atom is 0.282 e. The molecule has 3 atom stereocenters. The third kappa shape index (κ3) is 7.33. The number of benzene rings is 1. The number of nitrogens with zero attached hydrogens (tertiary/aromatic N) is 6. The van der Waals surface area contributed by atoms with Crippen molar-refractivity contribution in [2.45, 2.75) is 88.4 Å². The lowest BCUT2D eigenvalue weighted by atomic mass is 9.89. The summed E-state index contributed by atoms with van der Waals surface area (Å²) in [6.07, 6.45) is 1.69. The van der Waals surface area contributed by atoms with Crippen molar-refractivity contribution >= 4 is 39.0 Å². The zero-order chi connectivity index (χ0) is 36.8. The molecule has 1 unspecified atom stereocenters. The molecule has 14 nitrogen and oxygen atoms in total. The van der Waals surface area contributed by atoms with Crippen LogP contribution in [0.3, 0.4) is 0 Å². The van der Waals surface area contributed by atoms with Gasteiger partial charge in [0.25, 0.3) is 22.2 Å². The van der Waals surface area contributed by atoms with Crippen molar-refractivity contribution < 1.29 is 31.9 Å². The Balaban J connectivity index is 0.954. The van der Waals surface area contributed by atoms with Gasteiger partial charge >= 0.3 is 0 Å². The molecular weight excluding hydrogens is 698 g/mol. The van der Waals surface area contributed by atoms with Gasteiger partial charge in [-0.3, -0.25) is 29.2 Å². The maximum atomic E-state index is 13.8. The van der Waals surface area contributed by atoms with Crippen LogP contribution in [0.2, 0.25) is 0 Å². The number of anilines is 1. The van der Waals surface area contributed by atoms with Gasteiger partial charge in [-0.15, -0.1) is 0 Å². The molecular formula is C35H44F2N8O6S.